The van der Waals surface area contributed by atoms with Crippen LogP contribution in [0.2, 0.25) is 0 Å². The van der Waals surface area contributed by atoms with Gasteiger partial charge in [-0.3, -0.25) is 0 Å². The first-order valence-electron chi connectivity index (χ1n) is 6.16. The number of nitrogen functional groups attached to an aromatic ring is 1. The van der Waals surface area contributed by atoms with E-state index < -0.39 is 11.8 Å². The second kappa shape index (κ2) is 5.78. The number of rotatable bonds is 4. The quantitative estimate of drug-likeness (QED) is 0.850. The standard InChI is InChI=1S/C15H14F2N2O2/c1-19(8-9-3-2-4-10(16)5-9)14-6-11(15(20)21)13(18)7-12(14)17/h2-7H,8,18H2,1H3,(H,20,21). The first-order valence-corrected chi connectivity index (χ1v) is 6.16. The minimum absolute atomic E-state index is 0.0888. The van der Waals surface area contributed by atoms with Crippen molar-refractivity contribution in [1.29, 1.82) is 0 Å². The van der Waals surface area contributed by atoms with E-state index >= 15 is 0 Å². The molecule has 4 nitrogen and oxygen atoms in total. The van der Waals surface area contributed by atoms with Crippen molar-refractivity contribution < 1.29 is 18.7 Å². The number of benzene rings is 2. The van der Waals surface area contributed by atoms with Crippen LogP contribution < -0.4 is 10.6 Å². The summed E-state index contributed by atoms with van der Waals surface area (Å²) in [5.74, 6) is -2.24. The molecule has 6 heteroatoms. The van der Waals surface area contributed by atoms with Crippen molar-refractivity contribution in [2.24, 2.45) is 0 Å². The van der Waals surface area contributed by atoms with Gasteiger partial charge in [-0.25, -0.2) is 13.6 Å². The summed E-state index contributed by atoms with van der Waals surface area (Å²) in [6, 6.07) is 8.06. The van der Waals surface area contributed by atoms with Gasteiger partial charge < -0.3 is 15.7 Å². The largest absolute Gasteiger partial charge is 0.478 e. The molecule has 0 aliphatic rings. The number of hydrogen-bond acceptors (Lipinski definition) is 3. The van der Waals surface area contributed by atoms with Crippen LogP contribution in [0.5, 0.6) is 0 Å². The number of aromatic carboxylic acids is 1. The Kier molecular flexibility index (Phi) is 4.07. The van der Waals surface area contributed by atoms with Gasteiger partial charge in [0.1, 0.15) is 11.6 Å². The lowest BCUT2D eigenvalue weighted by Gasteiger charge is -2.21. The lowest BCUT2D eigenvalue weighted by atomic mass is 10.1. The first-order chi connectivity index (χ1) is 9.88. The molecule has 0 spiro atoms. The van der Waals surface area contributed by atoms with E-state index in [2.05, 4.69) is 0 Å². The predicted molar refractivity (Wildman–Crippen MR) is 76.3 cm³/mol. The normalized spacial score (nSPS) is 10.4. The molecule has 2 aromatic carbocycles. The van der Waals surface area contributed by atoms with E-state index in [1.165, 1.54) is 23.1 Å². The summed E-state index contributed by atoms with van der Waals surface area (Å²) in [5, 5.41) is 9.02. The van der Waals surface area contributed by atoms with Crippen molar-refractivity contribution in [3.63, 3.8) is 0 Å². The van der Waals surface area contributed by atoms with E-state index in [4.69, 9.17) is 10.8 Å². The Morgan fingerprint density at radius 1 is 1.29 bits per heavy atom. The molecular weight excluding hydrogens is 278 g/mol. The second-order valence-corrected chi connectivity index (χ2v) is 4.68. The summed E-state index contributed by atoms with van der Waals surface area (Å²) in [6.45, 7) is 0.234. The van der Waals surface area contributed by atoms with E-state index in [-0.39, 0.29) is 29.3 Å². The summed E-state index contributed by atoms with van der Waals surface area (Å²) in [6.07, 6.45) is 0. The third-order valence-corrected chi connectivity index (χ3v) is 3.07. The van der Waals surface area contributed by atoms with Gasteiger partial charge in [-0.2, -0.15) is 0 Å². The molecule has 0 saturated heterocycles. The Labute approximate surface area is 120 Å². The Hall–Kier alpha value is -2.63. The lowest BCUT2D eigenvalue weighted by molar-refractivity contribution is 0.0698. The highest BCUT2D eigenvalue weighted by atomic mass is 19.1. The van der Waals surface area contributed by atoms with Crippen LogP contribution in [0.25, 0.3) is 0 Å². The van der Waals surface area contributed by atoms with Gasteiger partial charge in [0.25, 0.3) is 0 Å². The summed E-state index contributed by atoms with van der Waals surface area (Å²) >= 11 is 0. The minimum Gasteiger partial charge on any atom is -0.478 e. The molecule has 0 aliphatic carbocycles. The van der Waals surface area contributed by atoms with Crippen LogP contribution in [0.15, 0.2) is 36.4 Å². The SMILES string of the molecule is CN(Cc1cccc(F)c1)c1cc(C(=O)O)c(N)cc1F. The van der Waals surface area contributed by atoms with Crippen LogP contribution in [0.1, 0.15) is 15.9 Å². The number of carbonyl (C=O) groups is 1. The van der Waals surface area contributed by atoms with Gasteiger partial charge in [-0.05, 0) is 29.8 Å². The number of nitrogens with two attached hydrogens (primary N) is 1. The van der Waals surface area contributed by atoms with Crippen molar-refractivity contribution in [2.45, 2.75) is 6.54 Å². The fourth-order valence-electron chi connectivity index (χ4n) is 2.05. The number of hydrogen-bond donors (Lipinski definition) is 2. The molecule has 0 aliphatic heterocycles. The molecule has 0 atom stereocenters. The van der Waals surface area contributed by atoms with Crippen molar-refractivity contribution >= 4 is 17.3 Å². The fraction of sp³-hybridized carbons (Fsp3) is 0.133. The number of carboxylic acids is 1. The van der Waals surface area contributed by atoms with Crippen LogP contribution in [-0.4, -0.2) is 18.1 Å². The highest BCUT2D eigenvalue weighted by molar-refractivity contribution is 5.95. The topological polar surface area (TPSA) is 66.6 Å². The molecule has 21 heavy (non-hydrogen) atoms. The Morgan fingerprint density at radius 3 is 2.62 bits per heavy atom. The maximum Gasteiger partial charge on any atom is 0.337 e. The molecule has 0 bridgehead atoms. The Morgan fingerprint density at radius 2 is 2.00 bits per heavy atom. The number of carboxylic acid groups (broad SMARTS) is 1. The molecule has 0 aromatic heterocycles. The monoisotopic (exact) mass is 292 g/mol. The van der Waals surface area contributed by atoms with Crippen LogP contribution in [0.3, 0.4) is 0 Å². The Bertz CT molecular complexity index is 689. The smallest absolute Gasteiger partial charge is 0.337 e. The Balaban J connectivity index is 2.32. The number of nitrogens with zero attached hydrogens (tertiary/aromatic N) is 1. The fourth-order valence-corrected chi connectivity index (χ4v) is 2.05. The van der Waals surface area contributed by atoms with E-state index in [0.29, 0.717) is 5.56 Å². The number of halogens is 2. The lowest BCUT2D eigenvalue weighted by Crippen LogP contribution is -2.19. The average Bonchev–Trinajstić information content (AvgIpc) is 2.37. The molecule has 2 aromatic rings. The average molecular weight is 292 g/mol. The van der Waals surface area contributed by atoms with Crippen LogP contribution in [0, 0.1) is 11.6 Å². The maximum atomic E-state index is 13.9. The minimum atomic E-state index is -1.23. The molecule has 0 radical (unpaired) electrons. The van der Waals surface area contributed by atoms with E-state index in [1.807, 2.05) is 0 Å². The summed E-state index contributed by atoms with van der Waals surface area (Å²) in [5.41, 5.74) is 5.90. The number of anilines is 2. The molecular formula is C15H14F2N2O2. The first kappa shape index (κ1) is 14.8. The van der Waals surface area contributed by atoms with Crippen LogP contribution >= 0.6 is 0 Å². The molecule has 0 saturated carbocycles. The summed E-state index contributed by atoms with van der Waals surface area (Å²) in [7, 11) is 1.59. The predicted octanol–water partition coefficient (Wildman–Crippen LogP) is 2.88. The van der Waals surface area contributed by atoms with Crippen molar-refractivity contribution in [3.05, 3.63) is 59.2 Å². The van der Waals surface area contributed by atoms with Gasteiger partial charge >= 0.3 is 5.97 Å². The molecule has 2 rings (SSSR count). The molecule has 110 valence electrons. The van der Waals surface area contributed by atoms with E-state index in [1.54, 1.807) is 19.2 Å². The molecule has 0 fully saturated rings. The molecule has 0 amide bonds. The summed E-state index contributed by atoms with van der Waals surface area (Å²) < 4.78 is 27.1. The van der Waals surface area contributed by atoms with Gasteiger partial charge in [0.2, 0.25) is 0 Å². The van der Waals surface area contributed by atoms with Gasteiger partial charge in [-0.15, -0.1) is 0 Å². The van der Waals surface area contributed by atoms with Gasteiger partial charge in [0.05, 0.1) is 11.3 Å². The highest BCUT2D eigenvalue weighted by Crippen LogP contribution is 2.26. The van der Waals surface area contributed by atoms with Crippen molar-refractivity contribution in [1.82, 2.24) is 0 Å². The maximum absolute atomic E-state index is 13.9. The van der Waals surface area contributed by atoms with Crippen molar-refractivity contribution in [3.8, 4) is 0 Å². The zero-order chi connectivity index (χ0) is 15.6. The van der Waals surface area contributed by atoms with E-state index in [9.17, 15) is 13.6 Å². The second-order valence-electron chi connectivity index (χ2n) is 4.68. The third kappa shape index (κ3) is 3.28. The van der Waals surface area contributed by atoms with E-state index in [0.717, 1.165) is 6.07 Å². The molecule has 3 N–H and O–H groups in total. The van der Waals surface area contributed by atoms with Crippen LogP contribution in [0.4, 0.5) is 20.2 Å². The van der Waals surface area contributed by atoms with Gasteiger partial charge in [0, 0.05) is 19.3 Å². The van der Waals surface area contributed by atoms with Gasteiger partial charge in [-0.1, -0.05) is 12.1 Å². The molecule has 0 unspecified atom stereocenters. The third-order valence-electron chi connectivity index (χ3n) is 3.07. The van der Waals surface area contributed by atoms with Crippen molar-refractivity contribution in [2.75, 3.05) is 17.7 Å². The zero-order valence-corrected chi connectivity index (χ0v) is 11.3. The summed E-state index contributed by atoms with van der Waals surface area (Å²) in [4.78, 5) is 12.5. The molecule has 0 heterocycles. The van der Waals surface area contributed by atoms with Crippen LogP contribution in [-0.2, 0) is 6.54 Å². The highest BCUT2D eigenvalue weighted by Gasteiger charge is 2.16. The van der Waals surface area contributed by atoms with Gasteiger partial charge in [0.15, 0.2) is 0 Å². The zero-order valence-electron chi connectivity index (χ0n) is 11.3.